The van der Waals surface area contributed by atoms with E-state index < -0.39 is 36.0 Å². The minimum absolute atomic E-state index is 0.0873. The van der Waals surface area contributed by atoms with Crippen LogP contribution in [0, 0.1) is 0 Å². The lowest BCUT2D eigenvalue weighted by Crippen LogP contribution is -2.52. The van der Waals surface area contributed by atoms with Gasteiger partial charge >= 0.3 is 5.97 Å². The Morgan fingerprint density at radius 2 is 1.61 bits per heavy atom. The molecule has 8 nitrogen and oxygen atoms in total. The largest absolute Gasteiger partial charge is 0.460 e. The summed E-state index contributed by atoms with van der Waals surface area (Å²) >= 11 is 0. The molecule has 0 fully saturated rings. The quantitative estimate of drug-likeness (QED) is 0.399. The Morgan fingerprint density at radius 3 is 2.23 bits per heavy atom. The molecule has 0 aliphatic rings. The molecule has 5 N–H and O–H groups in total. The van der Waals surface area contributed by atoms with Gasteiger partial charge in [-0.1, -0.05) is 74.0 Å². The lowest BCUT2D eigenvalue weighted by atomic mass is 10.0. The Hall–Kier alpha value is -3.23. The van der Waals surface area contributed by atoms with Crippen molar-refractivity contribution in [3.8, 4) is 0 Å². The van der Waals surface area contributed by atoms with Gasteiger partial charge in [-0.25, -0.2) is 0 Å². The van der Waals surface area contributed by atoms with Crippen molar-refractivity contribution in [2.24, 2.45) is 5.73 Å². The molecule has 166 valence electrons. The van der Waals surface area contributed by atoms with Crippen molar-refractivity contribution in [2.45, 2.75) is 44.6 Å². The van der Waals surface area contributed by atoms with Crippen LogP contribution in [0.2, 0.25) is 0 Å². The van der Waals surface area contributed by atoms with E-state index in [0.29, 0.717) is 18.4 Å². The van der Waals surface area contributed by atoms with Gasteiger partial charge in [-0.2, -0.15) is 0 Å². The predicted molar refractivity (Wildman–Crippen MR) is 115 cm³/mol. The summed E-state index contributed by atoms with van der Waals surface area (Å²) in [5, 5.41) is 15.4. The second-order valence-electron chi connectivity index (χ2n) is 7.10. The van der Waals surface area contributed by atoms with Gasteiger partial charge in [0.25, 0.3) is 5.91 Å². The third kappa shape index (κ3) is 7.84. The van der Waals surface area contributed by atoms with Crippen molar-refractivity contribution in [2.75, 3.05) is 6.54 Å². The van der Waals surface area contributed by atoms with Crippen LogP contribution in [0.4, 0.5) is 0 Å². The smallest absolute Gasteiger partial charge is 0.325 e. The molecule has 0 bridgehead atoms. The second-order valence-corrected chi connectivity index (χ2v) is 7.10. The number of benzene rings is 2. The zero-order valence-corrected chi connectivity index (χ0v) is 17.5. The predicted octanol–water partition coefficient (Wildman–Crippen LogP) is 1.19. The van der Waals surface area contributed by atoms with E-state index in [2.05, 4.69) is 10.6 Å². The maximum absolute atomic E-state index is 12.5. The number of nitrogens with two attached hydrogens (primary N) is 1. The van der Waals surface area contributed by atoms with Gasteiger partial charge in [0.1, 0.15) is 19.2 Å². The summed E-state index contributed by atoms with van der Waals surface area (Å²) in [5.41, 5.74) is 7.43. The number of hydrogen-bond acceptors (Lipinski definition) is 6. The third-order valence-electron chi connectivity index (χ3n) is 4.67. The number of rotatable bonds is 11. The minimum atomic E-state index is -1.53. The molecule has 8 heteroatoms. The summed E-state index contributed by atoms with van der Waals surface area (Å²) < 4.78 is 5.09. The van der Waals surface area contributed by atoms with Crippen LogP contribution in [-0.2, 0) is 25.7 Å². The van der Waals surface area contributed by atoms with E-state index >= 15 is 0 Å². The number of aliphatic hydroxyl groups is 1. The van der Waals surface area contributed by atoms with Crippen LogP contribution >= 0.6 is 0 Å². The number of ether oxygens (including phenoxy) is 1. The molecule has 2 unspecified atom stereocenters. The van der Waals surface area contributed by atoms with Gasteiger partial charge in [-0.15, -0.1) is 0 Å². The van der Waals surface area contributed by atoms with Gasteiger partial charge in [0.2, 0.25) is 5.91 Å². The lowest BCUT2D eigenvalue weighted by Gasteiger charge is -2.24. The number of esters is 1. The van der Waals surface area contributed by atoms with Gasteiger partial charge in [0.15, 0.2) is 6.10 Å². The molecule has 0 spiro atoms. The Kier molecular flexibility index (Phi) is 9.67. The molecule has 0 aromatic heterocycles. The SMILES string of the molecule is CCCC(NC(=O)[C@@H](N)c1ccccc1)C(O)C(=O)NCC(=O)OCc1ccccc1. The Morgan fingerprint density at radius 1 is 1.00 bits per heavy atom. The monoisotopic (exact) mass is 427 g/mol. The molecule has 0 aliphatic carbocycles. The average molecular weight is 428 g/mol. The van der Waals surface area contributed by atoms with E-state index in [0.717, 1.165) is 5.56 Å². The molecular formula is C23H29N3O5. The molecule has 0 saturated carbocycles. The fourth-order valence-corrected chi connectivity index (χ4v) is 2.94. The molecule has 2 aromatic carbocycles. The first kappa shape index (κ1) is 24.0. The van der Waals surface area contributed by atoms with E-state index in [4.69, 9.17) is 10.5 Å². The number of aliphatic hydroxyl groups excluding tert-OH is 1. The molecule has 2 amide bonds. The zero-order valence-electron chi connectivity index (χ0n) is 17.5. The van der Waals surface area contributed by atoms with Crippen LogP contribution in [0.5, 0.6) is 0 Å². The van der Waals surface area contributed by atoms with Crippen LogP contribution in [0.1, 0.15) is 36.9 Å². The highest BCUT2D eigenvalue weighted by molar-refractivity contribution is 5.87. The zero-order chi connectivity index (χ0) is 22.6. The molecule has 0 radical (unpaired) electrons. The van der Waals surface area contributed by atoms with Crippen molar-refractivity contribution in [1.82, 2.24) is 10.6 Å². The molecule has 3 atom stereocenters. The standard InChI is InChI=1S/C23H29N3O5/c1-2-9-18(26-22(29)20(24)17-12-7-4-8-13-17)21(28)23(30)25-14-19(27)31-15-16-10-5-3-6-11-16/h3-8,10-13,18,20-21,28H,2,9,14-15,24H2,1H3,(H,25,30)(H,26,29)/t18?,20-,21?/m0/s1. The maximum Gasteiger partial charge on any atom is 0.325 e. The van der Waals surface area contributed by atoms with E-state index in [1.807, 2.05) is 43.3 Å². The van der Waals surface area contributed by atoms with Gasteiger partial charge in [0, 0.05) is 0 Å². The highest BCUT2D eigenvalue weighted by atomic mass is 16.5. The Labute approximate surface area is 181 Å². The first-order valence-electron chi connectivity index (χ1n) is 10.2. The topological polar surface area (TPSA) is 131 Å². The fraction of sp³-hybridized carbons (Fsp3) is 0.348. The normalized spacial score (nSPS) is 13.5. The van der Waals surface area contributed by atoms with Crippen molar-refractivity contribution >= 4 is 17.8 Å². The van der Waals surface area contributed by atoms with Crippen LogP contribution in [0.25, 0.3) is 0 Å². The van der Waals surface area contributed by atoms with E-state index in [9.17, 15) is 19.5 Å². The van der Waals surface area contributed by atoms with Crippen molar-refractivity contribution in [3.63, 3.8) is 0 Å². The van der Waals surface area contributed by atoms with Gasteiger partial charge in [0.05, 0.1) is 6.04 Å². The Bertz CT molecular complexity index is 845. The summed E-state index contributed by atoms with van der Waals surface area (Å²) in [6.07, 6.45) is -0.552. The first-order chi connectivity index (χ1) is 14.9. The summed E-state index contributed by atoms with van der Waals surface area (Å²) in [7, 11) is 0. The number of carbonyl (C=O) groups is 3. The van der Waals surface area contributed by atoms with E-state index in [1.165, 1.54) is 0 Å². The van der Waals surface area contributed by atoms with E-state index in [-0.39, 0.29) is 13.2 Å². The number of nitrogens with one attached hydrogen (secondary N) is 2. The number of carbonyl (C=O) groups excluding carboxylic acids is 3. The lowest BCUT2D eigenvalue weighted by molar-refractivity contribution is -0.146. The van der Waals surface area contributed by atoms with Crippen LogP contribution < -0.4 is 16.4 Å². The van der Waals surface area contributed by atoms with Crippen LogP contribution in [-0.4, -0.2) is 41.6 Å². The van der Waals surface area contributed by atoms with Gasteiger partial charge in [-0.3, -0.25) is 14.4 Å². The molecule has 0 heterocycles. The molecule has 2 aromatic rings. The molecule has 0 aliphatic heterocycles. The summed E-state index contributed by atoms with van der Waals surface area (Å²) in [5.74, 6) is -1.91. The van der Waals surface area contributed by atoms with Gasteiger partial charge in [-0.05, 0) is 17.5 Å². The van der Waals surface area contributed by atoms with Crippen molar-refractivity contribution in [1.29, 1.82) is 0 Å². The fourth-order valence-electron chi connectivity index (χ4n) is 2.94. The van der Waals surface area contributed by atoms with E-state index in [1.54, 1.807) is 24.3 Å². The van der Waals surface area contributed by atoms with Crippen LogP contribution in [0.15, 0.2) is 60.7 Å². The van der Waals surface area contributed by atoms with Crippen molar-refractivity contribution < 1.29 is 24.2 Å². The second kappa shape index (κ2) is 12.5. The molecular weight excluding hydrogens is 398 g/mol. The van der Waals surface area contributed by atoms with Gasteiger partial charge < -0.3 is 26.2 Å². The highest BCUT2D eigenvalue weighted by Gasteiger charge is 2.29. The average Bonchev–Trinajstić information content (AvgIpc) is 2.81. The third-order valence-corrected chi connectivity index (χ3v) is 4.67. The number of hydrogen-bond donors (Lipinski definition) is 4. The van der Waals surface area contributed by atoms with Crippen molar-refractivity contribution in [3.05, 3.63) is 71.8 Å². The molecule has 31 heavy (non-hydrogen) atoms. The Balaban J connectivity index is 1.85. The first-order valence-corrected chi connectivity index (χ1v) is 10.2. The molecule has 2 rings (SSSR count). The summed E-state index contributed by atoms with van der Waals surface area (Å²) in [6.45, 7) is 1.56. The summed E-state index contributed by atoms with van der Waals surface area (Å²) in [6, 6.07) is 16.2. The molecule has 0 saturated heterocycles. The summed E-state index contributed by atoms with van der Waals surface area (Å²) in [4.78, 5) is 36.7. The highest BCUT2D eigenvalue weighted by Crippen LogP contribution is 2.11. The maximum atomic E-state index is 12.5. The minimum Gasteiger partial charge on any atom is -0.460 e. The van der Waals surface area contributed by atoms with Crippen LogP contribution in [0.3, 0.4) is 0 Å². The number of amides is 2.